The molecule has 2 rings (SSSR count). The summed E-state index contributed by atoms with van der Waals surface area (Å²) in [6.07, 6.45) is 0.559. The van der Waals surface area contributed by atoms with Gasteiger partial charge in [-0.25, -0.2) is 4.98 Å². The van der Waals surface area contributed by atoms with E-state index < -0.39 is 0 Å². The molecule has 0 saturated heterocycles. The van der Waals surface area contributed by atoms with Gasteiger partial charge in [-0.2, -0.15) is 0 Å². The molecule has 2 aromatic rings. The van der Waals surface area contributed by atoms with Gasteiger partial charge in [0.2, 0.25) is 0 Å². The van der Waals surface area contributed by atoms with Crippen LogP contribution in [-0.4, -0.2) is 16.6 Å². The molecular weight excluding hydrogens is 210 g/mol. The van der Waals surface area contributed by atoms with E-state index in [2.05, 4.69) is 4.98 Å². The molecule has 0 unspecified atom stereocenters. The van der Waals surface area contributed by atoms with Crippen molar-refractivity contribution in [3.8, 4) is 0 Å². The van der Waals surface area contributed by atoms with E-state index in [0.29, 0.717) is 11.6 Å². The SMILES string of the molecule is N=C(N)CCSc1nc2ccccc2o1. The fourth-order valence-corrected chi connectivity index (χ4v) is 1.97. The predicted molar refractivity (Wildman–Crippen MR) is 61.3 cm³/mol. The largest absolute Gasteiger partial charge is 0.431 e. The minimum absolute atomic E-state index is 0.193. The molecule has 1 aromatic heterocycles. The highest BCUT2D eigenvalue weighted by Gasteiger charge is 2.04. The van der Waals surface area contributed by atoms with Crippen LogP contribution < -0.4 is 5.73 Å². The van der Waals surface area contributed by atoms with Gasteiger partial charge in [-0.3, -0.25) is 5.41 Å². The molecule has 5 heteroatoms. The lowest BCUT2D eigenvalue weighted by Crippen LogP contribution is -2.09. The summed E-state index contributed by atoms with van der Waals surface area (Å²) in [6.45, 7) is 0. The van der Waals surface area contributed by atoms with Crippen molar-refractivity contribution in [3.05, 3.63) is 24.3 Å². The third-order valence-corrected chi connectivity index (χ3v) is 2.70. The highest BCUT2D eigenvalue weighted by Crippen LogP contribution is 2.23. The van der Waals surface area contributed by atoms with Crippen molar-refractivity contribution in [1.82, 2.24) is 4.98 Å². The quantitative estimate of drug-likeness (QED) is 0.471. The Hall–Kier alpha value is -1.49. The highest BCUT2D eigenvalue weighted by molar-refractivity contribution is 7.99. The third kappa shape index (κ3) is 2.50. The molecule has 1 aromatic carbocycles. The molecule has 0 aliphatic heterocycles. The standard InChI is InChI=1S/C10H11N3OS/c11-9(12)5-6-15-10-13-7-3-1-2-4-8(7)14-10/h1-4H,5-6H2,(H3,11,12). The lowest BCUT2D eigenvalue weighted by Gasteiger charge is -1.94. The van der Waals surface area contributed by atoms with Crippen LogP contribution in [0.5, 0.6) is 0 Å². The van der Waals surface area contributed by atoms with Crippen molar-refractivity contribution >= 4 is 28.7 Å². The number of hydrogen-bond acceptors (Lipinski definition) is 4. The van der Waals surface area contributed by atoms with Crippen LogP contribution in [0.2, 0.25) is 0 Å². The number of nitrogens with zero attached hydrogens (tertiary/aromatic N) is 1. The molecule has 78 valence electrons. The Bertz CT molecular complexity index is 447. The monoisotopic (exact) mass is 221 g/mol. The normalized spacial score (nSPS) is 10.7. The van der Waals surface area contributed by atoms with Gasteiger partial charge >= 0.3 is 0 Å². The number of amidine groups is 1. The number of oxazole rings is 1. The van der Waals surface area contributed by atoms with Crippen LogP contribution in [-0.2, 0) is 0 Å². The lowest BCUT2D eigenvalue weighted by atomic mass is 10.3. The van der Waals surface area contributed by atoms with Gasteiger partial charge in [-0.15, -0.1) is 0 Å². The number of aromatic nitrogens is 1. The Morgan fingerprint density at radius 2 is 2.27 bits per heavy atom. The second-order valence-corrected chi connectivity index (χ2v) is 4.12. The number of rotatable bonds is 4. The smallest absolute Gasteiger partial charge is 0.256 e. The number of thioether (sulfide) groups is 1. The molecule has 0 bridgehead atoms. The van der Waals surface area contributed by atoms with E-state index in [1.807, 2.05) is 24.3 Å². The molecule has 15 heavy (non-hydrogen) atoms. The van der Waals surface area contributed by atoms with Gasteiger partial charge in [-0.05, 0) is 12.1 Å². The summed E-state index contributed by atoms with van der Waals surface area (Å²) < 4.78 is 5.49. The van der Waals surface area contributed by atoms with Gasteiger partial charge in [0.25, 0.3) is 5.22 Å². The Balaban J connectivity index is 2.05. The third-order valence-electron chi connectivity index (χ3n) is 1.87. The van der Waals surface area contributed by atoms with Crippen molar-refractivity contribution in [2.24, 2.45) is 5.73 Å². The van der Waals surface area contributed by atoms with E-state index in [1.54, 1.807) is 0 Å². The lowest BCUT2D eigenvalue weighted by molar-refractivity contribution is 0.489. The topological polar surface area (TPSA) is 75.9 Å². The fraction of sp³-hybridized carbons (Fsp3) is 0.200. The van der Waals surface area contributed by atoms with Crippen LogP contribution in [0.4, 0.5) is 0 Å². The molecule has 1 heterocycles. The molecule has 0 spiro atoms. The van der Waals surface area contributed by atoms with Crippen molar-refractivity contribution < 1.29 is 4.42 Å². The van der Waals surface area contributed by atoms with Crippen LogP contribution in [0.1, 0.15) is 6.42 Å². The van der Waals surface area contributed by atoms with E-state index in [4.69, 9.17) is 15.6 Å². The summed E-state index contributed by atoms with van der Waals surface area (Å²) in [5, 5.41) is 7.72. The Morgan fingerprint density at radius 3 is 3.00 bits per heavy atom. The van der Waals surface area contributed by atoms with Crippen molar-refractivity contribution in [1.29, 1.82) is 5.41 Å². The van der Waals surface area contributed by atoms with E-state index >= 15 is 0 Å². The van der Waals surface area contributed by atoms with Crippen LogP contribution in [0, 0.1) is 5.41 Å². The Morgan fingerprint density at radius 1 is 1.47 bits per heavy atom. The van der Waals surface area contributed by atoms with E-state index in [1.165, 1.54) is 11.8 Å². The molecule has 0 aliphatic rings. The summed E-state index contributed by atoms with van der Waals surface area (Å²) in [7, 11) is 0. The number of nitrogens with one attached hydrogen (secondary N) is 1. The van der Waals surface area contributed by atoms with Gasteiger partial charge in [0, 0.05) is 12.2 Å². The molecule has 0 atom stereocenters. The Labute approximate surface area is 91.4 Å². The first-order chi connectivity index (χ1) is 7.25. The summed E-state index contributed by atoms with van der Waals surface area (Å²) in [5.41, 5.74) is 6.91. The molecule has 0 radical (unpaired) electrons. The van der Waals surface area contributed by atoms with Crippen LogP contribution in [0.25, 0.3) is 11.1 Å². The van der Waals surface area contributed by atoms with Gasteiger partial charge in [0.15, 0.2) is 5.58 Å². The van der Waals surface area contributed by atoms with Gasteiger partial charge in [0.1, 0.15) is 5.52 Å². The number of para-hydroxylation sites is 2. The minimum atomic E-state index is 0.193. The summed E-state index contributed by atoms with van der Waals surface area (Å²) >= 11 is 1.48. The second kappa shape index (κ2) is 4.35. The zero-order valence-electron chi connectivity index (χ0n) is 8.06. The second-order valence-electron chi connectivity index (χ2n) is 3.07. The van der Waals surface area contributed by atoms with Crippen molar-refractivity contribution in [2.75, 3.05) is 5.75 Å². The molecular formula is C10H11N3OS. The highest BCUT2D eigenvalue weighted by atomic mass is 32.2. The first-order valence-corrected chi connectivity index (χ1v) is 5.55. The summed E-state index contributed by atoms with van der Waals surface area (Å²) in [6, 6.07) is 7.64. The first-order valence-electron chi connectivity index (χ1n) is 4.57. The van der Waals surface area contributed by atoms with E-state index in [-0.39, 0.29) is 5.84 Å². The van der Waals surface area contributed by atoms with Crippen LogP contribution >= 0.6 is 11.8 Å². The van der Waals surface area contributed by atoms with Gasteiger partial charge in [-0.1, -0.05) is 23.9 Å². The van der Waals surface area contributed by atoms with E-state index in [9.17, 15) is 0 Å². The molecule has 0 saturated carbocycles. The zero-order chi connectivity index (χ0) is 10.7. The molecule has 0 fully saturated rings. The Kier molecular flexibility index (Phi) is 2.91. The minimum Gasteiger partial charge on any atom is -0.431 e. The van der Waals surface area contributed by atoms with Gasteiger partial charge in [0.05, 0.1) is 5.84 Å². The maximum absolute atomic E-state index is 7.08. The summed E-state index contributed by atoms with van der Waals surface area (Å²) in [5.74, 6) is 0.918. The van der Waals surface area contributed by atoms with Gasteiger partial charge < -0.3 is 10.2 Å². The predicted octanol–water partition coefficient (Wildman–Crippen LogP) is 2.25. The maximum atomic E-state index is 7.08. The van der Waals surface area contributed by atoms with Crippen LogP contribution in [0.15, 0.2) is 33.9 Å². The van der Waals surface area contributed by atoms with Crippen molar-refractivity contribution in [3.63, 3.8) is 0 Å². The van der Waals surface area contributed by atoms with E-state index in [0.717, 1.165) is 16.9 Å². The average Bonchev–Trinajstić information content (AvgIpc) is 2.59. The molecule has 4 nitrogen and oxygen atoms in total. The maximum Gasteiger partial charge on any atom is 0.256 e. The first kappa shape index (κ1) is 10.0. The molecule has 0 aliphatic carbocycles. The molecule has 0 amide bonds. The number of hydrogen-bond donors (Lipinski definition) is 2. The van der Waals surface area contributed by atoms with Crippen molar-refractivity contribution in [2.45, 2.75) is 11.6 Å². The zero-order valence-corrected chi connectivity index (χ0v) is 8.88. The average molecular weight is 221 g/mol. The molecule has 3 N–H and O–H groups in total. The number of nitrogens with two attached hydrogens (primary N) is 1. The number of fused-ring (bicyclic) bond motifs is 1. The van der Waals surface area contributed by atoms with Crippen LogP contribution in [0.3, 0.4) is 0 Å². The summed E-state index contributed by atoms with van der Waals surface area (Å²) in [4.78, 5) is 4.29. The number of benzene rings is 1. The fourth-order valence-electron chi connectivity index (χ4n) is 1.16.